The lowest BCUT2D eigenvalue weighted by Gasteiger charge is -2.25. The Morgan fingerprint density at radius 3 is 1.92 bits per heavy atom. The number of esters is 2. The molecule has 0 saturated carbocycles. The first-order valence-electron chi connectivity index (χ1n) is 12.2. The van der Waals surface area contributed by atoms with Gasteiger partial charge in [0.2, 0.25) is 5.78 Å². The Labute approximate surface area is 211 Å². The van der Waals surface area contributed by atoms with Gasteiger partial charge >= 0.3 is 17.9 Å². The van der Waals surface area contributed by atoms with Crippen LogP contribution in [0.5, 0.6) is 11.5 Å². The van der Waals surface area contributed by atoms with Crippen LogP contribution in [0, 0.1) is 0 Å². The summed E-state index contributed by atoms with van der Waals surface area (Å²) in [7, 11) is 0. The molecule has 2 saturated heterocycles. The summed E-state index contributed by atoms with van der Waals surface area (Å²) in [6, 6.07) is 6.35. The second kappa shape index (κ2) is 10.2. The molecule has 10 nitrogen and oxygen atoms in total. The standard InChI is InChI=1S/C27H24O10/c28-23-15-6-5-9-17(36-26(32)18-7-1-3-10-34-18)21(15)24(29)22-16(23)12-14(25(30)31)13-20(22)37-27(33)19-8-2-4-11-35-19/h5-6,9,12-13,18-19H,1-4,7-8,10-11H2,(H,30,31). The van der Waals surface area contributed by atoms with Gasteiger partial charge in [0.15, 0.2) is 18.0 Å². The molecular weight excluding hydrogens is 484 g/mol. The van der Waals surface area contributed by atoms with Crippen LogP contribution in [-0.2, 0) is 19.1 Å². The van der Waals surface area contributed by atoms with E-state index in [4.69, 9.17) is 18.9 Å². The highest BCUT2D eigenvalue weighted by atomic mass is 16.6. The van der Waals surface area contributed by atoms with Crippen LogP contribution in [-0.4, -0.2) is 60.0 Å². The molecule has 0 bridgehead atoms. The third-order valence-electron chi connectivity index (χ3n) is 6.62. The Hall–Kier alpha value is -3.89. The average molecular weight is 508 g/mol. The number of carbonyl (C=O) groups is 5. The van der Waals surface area contributed by atoms with Gasteiger partial charge in [-0.3, -0.25) is 9.59 Å². The van der Waals surface area contributed by atoms with Crippen LogP contribution in [0.4, 0.5) is 0 Å². The van der Waals surface area contributed by atoms with E-state index in [9.17, 15) is 29.1 Å². The number of hydrogen-bond acceptors (Lipinski definition) is 9. The highest BCUT2D eigenvalue weighted by Gasteiger charge is 2.38. The Kier molecular flexibility index (Phi) is 6.86. The van der Waals surface area contributed by atoms with Crippen molar-refractivity contribution in [3.63, 3.8) is 0 Å². The van der Waals surface area contributed by atoms with Crippen molar-refractivity contribution in [3.8, 4) is 11.5 Å². The highest BCUT2D eigenvalue weighted by molar-refractivity contribution is 6.30. The molecule has 2 unspecified atom stereocenters. The largest absolute Gasteiger partial charge is 0.478 e. The maximum atomic E-state index is 13.7. The fourth-order valence-corrected chi connectivity index (χ4v) is 4.74. The summed E-state index contributed by atoms with van der Waals surface area (Å²) >= 11 is 0. The van der Waals surface area contributed by atoms with Gasteiger partial charge in [0.1, 0.15) is 11.5 Å². The lowest BCUT2D eigenvalue weighted by atomic mass is 9.82. The Bertz CT molecular complexity index is 1300. The van der Waals surface area contributed by atoms with E-state index in [1.54, 1.807) is 0 Å². The minimum Gasteiger partial charge on any atom is -0.478 e. The Morgan fingerprint density at radius 2 is 1.35 bits per heavy atom. The van der Waals surface area contributed by atoms with Gasteiger partial charge in [-0.05, 0) is 56.7 Å². The number of benzene rings is 2. The van der Waals surface area contributed by atoms with E-state index in [1.807, 2.05) is 0 Å². The second-order valence-corrected chi connectivity index (χ2v) is 9.09. The molecule has 2 fully saturated rings. The van der Waals surface area contributed by atoms with Crippen LogP contribution < -0.4 is 9.47 Å². The molecular formula is C27H24O10. The van der Waals surface area contributed by atoms with E-state index in [2.05, 4.69) is 0 Å². The maximum absolute atomic E-state index is 13.7. The molecule has 2 atom stereocenters. The van der Waals surface area contributed by atoms with E-state index in [0.29, 0.717) is 26.1 Å². The van der Waals surface area contributed by atoms with E-state index >= 15 is 0 Å². The zero-order chi connectivity index (χ0) is 26.1. The first-order valence-corrected chi connectivity index (χ1v) is 12.2. The first-order chi connectivity index (χ1) is 17.8. The quantitative estimate of drug-likeness (QED) is 0.403. The minimum atomic E-state index is -1.37. The molecule has 192 valence electrons. The number of fused-ring (bicyclic) bond motifs is 2. The van der Waals surface area contributed by atoms with Gasteiger partial charge in [-0.15, -0.1) is 0 Å². The van der Waals surface area contributed by atoms with Gasteiger partial charge in [0.05, 0.1) is 16.7 Å². The first kappa shape index (κ1) is 24.8. The van der Waals surface area contributed by atoms with Gasteiger partial charge < -0.3 is 24.1 Å². The minimum absolute atomic E-state index is 0.0530. The van der Waals surface area contributed by atoms with Crippen LogP contribution in [0.15, 0.2) is 30.3 Å². The molecule has 0 spiro atoms. The van der Waals surface area contributed by atoms with Crippen molar-refractivity contribution in [2.75, 3.05) is 13.2 Å². The molecule has 1 N–H and O–H groups in total. The van der Waals surface area contributed by atoms with Crippen LogP contribution in [0.1, 0.15) is 80.7 Å². The lowest BCUT2D eigenvalue weighted by Crippen LogP contribution is -2.33. The van der Waals surface area contributed by atoms with E-state index in [0.717, 1.165) is 37.8 Å². The Balaban J connectivity index is 1.54. The molecule has 2 aromatic carbocycles. The molecule has 1 aliphatic carbocycles. The van der Waals surface area contributed by atoms with Crippen LogP contribution in [0.3, 0.4) is 0 Å². The summed E-state index contributed by atoms with van der Waals surface area (Å²) in [6.45, 7) is 0.792. The number of carboxylic acids is 1. The predicted octanol–water partition coefficient (Wildman–Crippen LogP) is 3.11. The molecule has 0 aromatic heterocycles. The highest BCUT2D eigenvalue weighted by Crippen LogP contribution is 2.39. The van der Waals surface area contributed by atoms with Crippen LogP contribution in [0.25, 0.3) is 0 Å². The van der Waals surface area contributed by atoms with Gasteiger partial charge in [0.25, 0.3) is 0 Å². The maximum Gasteiger partial charge on any atom is 0.340 e. The second-order valence-electron chi connectivity index (χ2n) is 9.09. The third kappa shape index (κ3) is 4.77. The van der Waals surface area contributed by atoms with E-state index in [-0.39, 0.29) is 39.3 Å². The smallest absolute Gasteiger partial charge is 0.340 e. The molecule has 2 heterocycles. The number of ether oxygens (including phenoxy) is 4. The molecule has 2 aromatic rings. The van der Waals surface area contributed by atoms with Crippen molar-refractivity contribution >= 4 is 29.5 Å². The molecule has 0 amide bonds. The molecule has 3 aliphatic rings. The monoisotopic (exact) mass is 508 g/mol. The number of carbonyl (C=O) groups excluding carboxylic acids is 4. The molecule has 2 aliphatic heterocycles. The van der Waals surface area contributed by atoms with Gasteiger partial charge in [-0.1, -0.05) is 12.1 Å². The fourth-order valence-electron chi connectivity index (χ4n) is 4.74. The normalized spacial score (nSPS) is 21.0. The van der Waals surface area contributed by atoms with Gasteiger partial charge in [0, 0.05) is 24.3 Å². The molecule has 37 heavy (non-hydrogen) atoms. The predicted molar refractivity (Wildman–Crippen MR) is 125 cm³/mol. The fraction of sp³-hybridized carbons (Fsp3) is 0.370. The number of ketones is 2. The van der Waals surface area contributed by atoms with Crippen molar-refractivity contribution in [3.05, 3.63) is 58.1 Å². The lowest BCUT2D eigenvalue weighted by molar-refractivity contribution is -0.150. The molecule has 0 radical (unpaired) electrons. The Morgan fingerprint density at radius 1 is 0.757 bits per heavy atom. The molecule has 10 heteroatoms. The van der Waals surface area contributed by atoms with Crippen molar-refractivity contribution in [2.24, 2.45) is 0 Å². The summed E-state index contributed by atoms with van der Waals surface area (Å²) in [5, 5.41) is 9.58. The molecule has 5 rings (SSSR count). The third-order valence-corrected chi connectivity index (χ3v) is 6.62. The topological polar surface area (TPSA) is 143 Å². The van der Waals surface area contributed by atoms with Crippen molar-refractivity contribution in [1.29, 1.82) is 0 Å². The van der Waals surface area contributed by atoms with Gasteiger partial charge in [-0.2, -0.15) is 0 Å². The summed E-state index contributed by atoms with van der Waals surface area (Å²) in [5.41, 5.74) is -1.04. The summed E-state index contributed by atoms with van der Waals surface area (Å²) in [4.78, 5) is 64.4. The van der Waals surface area contributed by atoms with Gasteiger partial charge in [-0.25, -0.2) is 14.4 Å². The zero-order valence-electron chi connectivity index (χ0n) is 19.8. The van der Waals surface area contributed by atoms with Crippen molar-refractivity contribution in [2.45, 2.75) is 50.7 Å². The summed E-state index contributed by atoms with van der Waals surface area (Å²) < 4.78 is 21.9. The number of rotatable bonds is 5. The summed E-state index contributed by atoms with van der Waals surface area (Å²) in [6.07, 6.45) is 2.41. The van der Waals surface area contributed by atoms with Crippen LogP contribution >= 0.6 is 0 Å². The van der Waals surface area contributed by atoms with Crippen LogP contribution in [0.2, 0.25) is 0 Å². The number of hydrogen-bond donors (Lipinski definition) is 1. The number of aromatic carboxylic acids is 1. The number of carboxylic acid groups (broad SMARTS) is 1. The van der Waals surface area contributed by atoms with E-state index < -0.39 is 41.7 Å². The SMILES string of the molecule is O=C(O)c1cc(OC(=O)C2CCCCO2)c2c(c1)C(=O)c1cccc(OC(=O)C3CCCCO3)c1C2=O. The van der Waals surface area contributed by atoms with Crippen molar-refractivity contribution in [1.82, 2.24) is 0 Å². The van der Waals surface area contributed by atoms with E-state index in [1.165, 1.54) is 18.2 Å². The summed E-state index contributed by atoms with van der Waals surface area (Å²) in [5.74, 6) is -4.72. The average Bonchev–Trinajstić information content (AvgIpc) is 2.92. The zero-order valence-corrected chi connectivity index (χ0v) is 19.8. The van der Waals surface area contributed by atoms with Crippen molar-refractivity contribution < 1.29 is 48.0 Å².